The van der Waals surface area contributed by atoms with Gasteiger partial charge in [-0.1, -0.05) is 6.07 Å². The summed E-state index contributed by atoms with van der Waals surface area (Å²) in [6.07, 6.45) is 0. The van der Waals surface area contributed by atoms with Crippen molar-refractivity contribution in [3.05, 3.63) is 24.3 Å². The van der Waals surface area contributed by atoms with E-state index in [4.69, 9.17) is 11.5 Å². The Kier molecular flexibility index (Phi) is 1.96. The summed E-state index contributed by atoms with van der Waals surface area (Å²) >= 11 is 0. The maximum absolute atomic E-state index is 10.4. The molecule has 0 aliphatic heterocycles. The average Bonchev–Trinajstić information content (AvgIpc) is 1.85. The second-order valence-electron chi connectivity index (χ2n) is 2.11. The van der Waals surface area contributed by atoms with Crippen molar-refractivity contribution in [2.75, 3.05) is 11.1 Å². The molecule has 0 saturated carbocycles. The van der Waals surface area contributed by atoms with E-state index < -0.39 is 6.03 Å². The molecule has 1 aromatic rings. The number of carbonyl (C=O) groups is 1. The molecular formula is C7H9N3O. The number of hydrogen-bond acceptors (Lipinski definition) is 2. The van der Waals surface area contributed by atoms with E-state index in [1.807, 2.05) is 0 Å². The normalized spacial score (nSPS) is 9.09. The van der Waals surface area contributed by atoms with Gasteiger partial charge in [-0.3, -0.25) is 0 Å². The lowest BCUT2D eigenvalue weighted by molar-refractivity contribution is 0.259. The van der Waals surface area contributed by atoms with Crippen molar-refractivity contribution in [1.82, 2.24) is 0 Å². The largest absolute Gasteiger partial charge is 0.399 e. The molecular weight excluding hydrogens is 142 g/mol. The van der Waals surface area contributed by atoms with E-state index in [0.717, 1.165) is 0 Å². The first-order valence-electron chi connectivity index (χ1n) is 3.10. The molecule has 0 atom stereocenters. The van der Waals surface area contributed by atoms with Crippen molar-refractivity contribution >= 4 is 17.4 Å². The first-order chi connectivity index (χ1) is 5.18. The van der Waals surface area contributed by atoms with E-state index in [9.17, 15) is 4.79 Å². The number of nitrogen functional groups attached to an aromatic ring is 1. The predicted octanol–water partition coefficient (Wildman–Crippen LogP) is 0.759. The quantitative estimate of drug-likeness (QED) is 0.518. The minimum Gasteiger partial charge on any atom is -0.399 e. The van der Waals surface area contributed by atoms with Gasteiger partial charge < -0.3 is 16.8 Å². The van der Waals surface area contributed by atoms with Crippen molar-refractivity contribution in [2.45, 2.75) is 0 Å². The molecule has 0 spiro atoms. The van der Waals surface area contributed by atoms with Gasteiger partial charge >= 0.3 is 6.03 Å². The maximum Gasteiger partial charge on any atom is 0.316 e. The zero-order chi connectivity index (χ0) is 8.27. The van der Waals surface area contributed by atoms with Crippen LogP contribution in [0.3, 0.4) is 0 Å². The van der Waals surface area contributed by atoms with Gasteiger partial charge in [0, 0.05) is 11.4 Å². The highest BCUT2D eigenvalue weighted by Crippen LogP contribution is 2.10. The summed E-state index contributed by atoms with van der Waals surface area (Å²) in [5.41, 5.74) is 11.5. The van der Waals surface area contributed by atoms with Gasteiger partial charge in [-0.25, -0.2) is 4.79 Å². The number of rotatable bonds is 1. The fraction of sp³-hybridized carbons (Fsp3) is 0. The summed E-state index contributed by atoms with van der Waals surface area (Å²) in [5.74, 6) is 0. The molecule has 1 aromatic carbocycles. The molecule has 0 aliphatic rings. The van der Waals surface area contributed by atoms with Crippen molar-refractivity contribution in [3.63, 3.8) is 0 Å². The Morgan fingerprint density at radius 3 is 2.73 bits per heavy atom. The minimum atomic E-state index is -0.587. The van der Waals surface area contributed by atoms with Crippen LogP contribution in [0.15, 0.2) is 24.3 Å². The Bertz CT molecular complexity index is 272. The van der Waals surface area contributed by atoms with Crippen molar-refractivity contribution in [2.24, 2.45) is 5.73 Å². The lowest BCUT2D eigenvalue weighted by Gasteiger charge is -2.00. The molecule has 5 N–H and O–H groups in total. The summed E-state index contributed by atoms with van der Waals surface area (Å²) in [5, 5.41) is 2.40. The molecule has 0 heterocycles. The number of benzene rings is 1. The fourth-order valence-corrected chi connectivity index (χ4v) is 0.759. The van der Waals surface area contributed by atoms with E-state index >= 15 is 0 Å². The van der Waals surface area contributed by atoms with Gasteiger partial charge in [0.2, 0.25) is 0 Å². The van der Waals surface area contributed by atoms with Gasteiger partial charge in [0.1, 0.15) is 0 Å². The van der Waals surface area contributed by atoms with Crippen LogP contribution in [0.2, 0.25) is 0 Å². The van der Waals surface area contributed by atoms with Crippen LogP contribution >= 0.6 is 0 Å². The van der Waals surface area contributed by atoms with Crippen molar-refractivity contribution in [1.29, 1.82) is 0 Å². The lowest BCUT2D eigenvalue weighted by atomic mass is 10.3. The third kappa shape index (κ3) is 2.17. The summed E-state index contributed by atoms with van der Waals surface area (Å²) in [7, 11) is 0. The topological polar surface area (TPSA) is 81.1 Å². The van der Waals surface area contributed by atoms with Crippen LogP contribution in [0.1, 0.15) is 0 Å². The van der Waals surface area contributed by atoms with E-state index in [1.165, 1.54) is 0 Å². The van der Waals surface area contributed by atoms with Crippen molar-refractivity contribution < 1.29 is 4.79 Å². The van der Waals surface area contributed by atoms with Crippen LogP contribution in [0.4, 0.5) is 16.2 Å². The molecule has 58 valence electrons. The van der Waals surface area contributed by atoms with Crippen molar-refractivity contribution in [3.8, 4) is 0 Å². The van der Waals surface area contributed by atoms with E-state index in [2.05, 4.69) is 5.32 Å². The molecule has 4 nitrogen and oxygen atoms in total. The zero-order valence-corrected chi connectivity index (χ0v) is 5.87. The van der Waals surface area contributed by atoms with Gasteiger partial charge in [0.15, 0.2) is 0 Å². The number of anilines is 2. The zero-order valence-electron chi connectivity index (χ0n) is 5.87. The highest BCUT2D eigenvalue weighted by molar-refractivity contribution is 5.88. The summed E-state index contributed by atoms with van der Waals surface area (Å²) in [4.78, 5) is 10.4. The molecule has 2 amide bonds. The molecule has 11 heavy (non-hydrogen) atoms. The molecule has 0 unspecified atom stereocenters. The first kappa shape index (κ1) is 7.40. The number of urea groups is 1. The van der Waals surface area contributed by atoms with Crippen LogP contribution in [0.5, 0.6) is 0 Å². The number of carbonyl (C=O) groups excluding carboxylic acids is 1. The monoisotopic (exact) mass is 151 g/mol. The number of hydrogen-bond donors (Lipinski definition) is 3. The number of amides is 2. The van der Waals surface area contributed by atoms with Gasteiger partial charge in [0.25, 0.3) is 0 Å². The van der Waals surface area contributed by atoms with Gasteiger partial charge in [-0.15, -0.1) is 0 Å². The van der Waals surface area contributed by atoms with Crippen LogP contribution in [0.25, 0.3) is 0 Å². The molecule has 0 fully saturated rings. The second-order valence-corrected chi connectivity index (χ2v) is 2.11. The molecule has 0 bridgehead atoms. The van der Waals surface area contributed by atoms with E-state index in [0.29, 0.717) is 11.4 Å². The Morgan fingerprint density at radius 2 is 2.18 bits per heavy atom. The number of nitrogens with two attached hydrogens (primary N) is 2. The third-order valence-corrected chi connectivity index (χ3v) is 1.15. The molecule has 0 saturated heterocycles. The van der Waals surface area contributed by atoms with E-state index in [1.54, 1.807) is 24.3 Å². The van der Waals surface area contributed by atoms with Gasteiger partial charge in [-0.05, 0) is 18.2 Å². The standard InChI is InChI=1S/C7H9N3O/c8-5-2-1-3-6(4-5)10-7(9)11/h1-4H,8H2,(H3,9,10,11). The van der Waals surface area contributed by atoms with Crippen LogP contribution in [-0.4, -0.2) is 6.03 Å². The SMILES string of the molecule is NC(=O)Nc1cccc(N)c1. The Balaban J connectivity index is 2.79. The van der Waals surface area contributed by atoms with Gasteiger partial charge in [0.05, 0.1) is 0 Å². The summed E-state index contributed by atoms with van der Waals surface area (Å²) < 4.78 is 0. The molecule has 0 aliphatic carbocycles. The fourth-order valence-electron chi connectivity index (χ4n) is 0.759. The molecule has 4 heteroatoms. The van der Waals surface area contributed by atoms with Crippen LogP contribution in [-0.2, 0) is 0 Å². The smallest absolute Gasteiger partial charge is 0.316 e. The Labute approximate surface area is 64.2 Å². The van der Waals surface area contributed by atoms with Crippen LogP contribution < -0.4 is 16.8 Å². The van der Waals surface area contributed by atoms with E-state index in [-0.39, 0.29) is 0 Å². The number of nitrogens with one attached hydrogen (secondary N) is 1. The van der Waals surface area contributed by atoms with Gasteiger partial charge in [-0.2, -0.15) is 0 Å². The minimum absolute atomic E-state index is 0.587. The average molecular weight is 151 g/mol. The highest BCUT2D eigenvalue weighted by Gasteiger charge is 1.94. The second kappa shape index (κ2) is 2.92. The lowest BCUT2D eigenvalue weighted by Crippen LogP contribution is -2.19. The molecule has 1 rings (SSSR count). The first-order valence-corrected chi connectivity index (χ1v) is 3.10. The maximum atomic E-state index is 10.4. The predicted molar refractivity (Wildman–Crippen MR) is 44.1 cm³/mol. The molecule has 0 radical (unpaired) electrons. The molecule has 0 aromatic heterocycles. The third-order valence-electron chi connectivity index (χ3n) is 1.15. The Hall–Kier alpha value is -1.71. The number of primary amides is 1. The highest BCUT2D eigenvalue weighted by atomic mass is 16.2. The summed E-state index contributed by atoms with van der Waals surface area (Å²) in [6, 6.07) is 6.22. The van der Waals surface area contributed by atoms with Crippen LogP contribution in [0, 0.1) is 0 Å². The summed E-state index contributed by atoms with van der Waals surface area (Å²) in [6.45, 7) is 0. The Morgan fingerprint density at radius 1 is 1.45 bits per heavy atom.